The fraction of sp³-hybridized carbons (Fsp3) is 0.500. The third-order valence-corrected chi connectivity index (χ3v) is 7.03. The predicted molar refractivity (Wildman–Crippen MR) is 111 cm³/mol. The quantitative estimate of drug-likeness (QED) is 0.652. The number of hydrogen-bond donors (Lipinski definition) is 2. The molecule has 4 heterocycles. The maximum absolute atomic E-state index is 14.8. The standard InChI is InChI=1S/C22H24F2N6O/c1-31-17-6-18-26-11-16(30(18)29-20(17)22-7-12(8-22)9-22)19-14(23)5-15(24)21(28-19)27-13-3-2-4-25-10-13/h5-6,11-13,25H,2-4,7-10H2,1H3,(H,27,28). The van der Waals surface area contributed by atoms with Crippen LogP contribution in [0.4, 0.5) is 14.6 Å². The molecule has 0 radical (unpaired) electrons. The molecular formula is C22H24F2N6O. The topological polar surface area (TPSA) is 76.4 Å². The summed E-state index contributed by atoms with van der Waals surface area (Å²) in [5.74, 6) is 0.0976. The number of fused-ring (bicyclic) bond motifs is 1. The maximum Gasteiger partial charge on any atom is 0.168 e. The Hall–Kier alpha value is -2.81. The Bertz CT molecular complexity index is 1160. The molecule has 3 saturated carbocycles. The molecule has 3 aromatic rings. The van der Waals surface area contributed by atoms with Gasteiger partial charge in [-0.3, -0.25) is 0 Å². The zero-order valence-corrected chi connectivity index (χ0v) is 17.3. The van der Waals surface area contributed by atoms with E-state index in [9.17, 15) is 8.78 Å². The summed E-state index contributed by atoms with van der Waals surface area (Å²) in [6.45, 7) is 1.67. The van der Waals surface area contributed by atoms with Gasteiger partial charge in [0.2, 0.25) is 0 Å². The first kappa shape index (κ1) is 18.9. The van der Waals surface area contributed by atoms with Crippen molar-refractivity contribution in [3.8, 4) is 17.1 Å². The maximum atomic E-state index is 14.8. The van der Waals surface area contributed by atoms with E-state index in [0.29, 0.717) is 17.1 Å². The van der Waals surface area contributed by atoms with E-state index >= 15 is 0 Å². The van der Waals surface area contributed by atoms with Gasteiger partial charge in [-0.05, 0) is 44.6 Å². The largest absolute Gasteiger partial charge is 0.495 e. The molecule has 1 saturated heterocycles. The molecular weight excluding hydrogens is 402 g/mol. The van der Waals surface area contributed by atoms with Gasteiger partial charge in [0.15, 0.2) is 23.1 Å². The molecule has 0 amide bonds. The first-order valence-corrected chi connectivity index (χ1v) is 10.8. The number of hydrogen-bond acceptors (Lipinski definition) is 6. The summed E-state index contributed by atoms with van der Waals surface area (Å²) in [5.41, 5.74) is 1.91. The number of piperidine rings is 1. The van der Waals surface area contributed by atoms with Gasteiger partial charge < -0.3 is 15.4 Å². The second-order valence-corrected chi connectivity index (χ2v) is 9.07. The zero-order chi connectivity index (χ0) is 21.2. The smallest absolute Gasteiger partial charge is 0.168 e. The number of halogens is 2. The van der Waals surface area contributed by atoms with Crippen molar-refractivity contribution >= 4 is 11.5 Å². The molecule has 1 atom stereocenters. The van der Waals surface area contributed by atoms with Crippen molar-refractivity contribution in [1.82, 2.24) is 24.9 Å². The molecule has 3 aromatic heterocycles. The van der Waals surface area contributed by atoms with Crippen LogP contribution in [0.25, 0.3) is 17.0 Å². The van der Waals surface area contributed by atoms with Crippen LogP contribution in [-0.2, 0) is 5.41 Å². The molecule has 0 spiro atoms. The molecule has 1 aliphatic heterocycles. The molecule has 2 N–H and O–H groups in total. The highest BCUT2D eigenvalue weighted by Crippen LogP contribution is 2.66. The number of nitrogens with zero attached hydrogens (tertiary/aromatic N) is 4. The Morgan fingerprint density at radius 2 is 2.06 bits per heavy atom. The number of rotatable bonds is 5. The number of ether oxygens (including phenoxy) is 1. The molecule has 31 heavy (non-hydrogen) atoms. The fourth-order valence-electron chi connectivity index (χ4n) is 5.27. The highest BCUT2D eigenvalue weighted by Gasteiger charge is 2.59. The summed E-state index contributed by atoms with van der Waals surface area (Å²) < 4.78 is 36.5. The van der Waals surface area contributed by atoms with E-state index in [1.54, 1.807) is 11.6 Å². The van der Waals surface area contributed by atoms with Crippen LogP contribution < -0.4 is 15.4 Å². The van der Waals surface area contributed by atoms with Crippen LogP contribution in [0.3, 0.4) is 0 Å². The first-order chi connectivity index (χ1) is 15.1. The average Bonchev–Trinajstić information content (AvgIpc) is 3.10. The van der Waals surface area contributed by atoms with Crippen molar-refractivity contribution in [2.45, 2.75) is 43.6 Å². The van der Waals surface area contributed by atoms with Crippen molar-refractivity contribution in [3.63, 3.8) is 0 Å². The summed E-state index contributed by atoms with van der Waals surface area (Å²) in [5, 5.41) is 11.2. The molecule has 1 unspecified atom stereocenters. The number of aromatic nitrogens is 4. The number of methoxy groups -OCH3 is 1. The van der Waals surface area contributed by atoms with Gasteiger partial charge in [0, 0.05) is 30.1 Å². The van der Waals surface area contributed by atoms with Gasteiger partial charge in [-0.1, -0.05) is 0 Å². The molecule has 0 aromatic carbocycles. The predicted octanol–water partition coefficient (Wildman–Crippen LogP) is 3.29. The fourth-order valence-corrected chi connectivity index (χ4v) is 5.27. The van der Waals surface area contributed by atoms with E-state index < -0.39 is 11.6 Å². The van der Waals surface area contributed by atoms with Crippen molar-refractivity contribution < 1.29 is 13.5 Å². The van der Waals surface area contributed by atoms with Gasteiger partial charge in [-0.15, -0.1) is 0 Å². The van der Waals surface area contributed by atoms with Crippen LogP contribution in [0, 0.1) is 17.6 Å². The van der Waals surface area contributed by atoms with E-state index in [1.165, 1.54) is 6.20 Å². The number of imidazole rings is 1. The van der Waals surface area contributed by atoms with Crippen LogP contribution in [-0.4, -0.2) is 45.8 Å². The molecule has 3 aliphatic carbocycles. The van der Waals surface area contributed by atoms with Crippen molar-refractivity contribution in [2.75, 3.05) is 25.5 Å². The molecule has 7 rings (SSSR count). The highest BCUT2D eigenvalue weighted by molar-refractivity contribution is 5.63. The second kappa shape index (κ2) is 6.85. The minimum Gasteiger partial charge on any atom is -0.495 e. The molecule has 4 fully saturated rings. The molecule has 9 heteroatoms. The van der Waals surface area contributed by atoms with Crippen molar-refractivity contribution in [3.05, 3.63) is 35.7 Å². The molecule has 7 nitrogen and oxygen atoms in total. The van der Waals surface area contributed by atoms with E-state index in [-0.39, 0.29) is 23.0 Å². The summed E-state index contributed by atoms with van der Waals surface area (Å²) >= 11 is 0. The van der Waals surface area contributed by atoms with Crippen LogP contribution in [0.2, 0.25) is 0 Å². The van der Waals surface area contributed by atoms with E-state index in [1.807, 2.05) is 6.07 Å². The Kier molecular flexibility index (Phi) is 4.18. The minimum atomic E-state index is -0.740. The van der Waals surface area contributed by atoms with Gasteiger partial charge in [-0.2, -0.15) is 5.10 Å². The van der Waals surface area contributed by atoms with Crippen LogP contribution in [0.1, 0.15) is 37.8 Å². The molecule has 4 aliphatic rings. The summed E-state index contributed by atoms with van der Waals surface area (Å²) in [4.78, 5) is 8.70. The molecule has 2 bridgehead atoms. The number of anilines is 1. The lowest BCUT2D eigenvalue weighted by Gasteiger charge is -2.61. The van der Waals surface area contributed by atoms with E-state index in [2.05, 4.69) is 20.6 Å². The Morgan fingerprint density at radius 3 is 2.74 bits per heavy atom. The lowest BCUT2D eigenvalue weighted by Crippen LogP contribution is -2.56. The average molecular weight is 426 g/mol. The highest BCUT2D eigenvalue weighted by atomic mass is 19.1. The van der Waals surface area contributed by atoms with Crippen LogP contribution in [0.15, 0.2) is 18.3 Å². The third kappa shape index (κ3) is 2.90. The summed E-state index contributed by atoms with van der Waals surface area (Å²) in [7, 11) is 1.63. The van der Waals surface area contributed by atoms with Crippen molar-refractivity contribution in [2.24, 2.45) is 5.92 Å². The van der Waals surface area contributed by atoms with E-state index in [4.69, 9.17) is 9.84 Å². The lowest BCUT2D eigenvalue weighted by molar-refractivity contribution is -0.0333. The monoisotopic (exact) mass is 426 g/mol. The van der Waals surface area contributed by atoms with E-state index in [0.717, 1.165) is 62.9 Å². The zero-order valence-electron chi connectivity index (χ0n) is 17.3. The van der Waals surface area contributed by atoms with Crippen LogP contribution in [0.5, 0.6) is 5.75 Å². The summed E-state index contributed by atoms with van der Waals surface area (Å²) in [6.07, 6.45) is 6.76. The SMILES string of the molecule is COc1cc2ncc(-c3nc(NC4CCCNC4)c(F)cc3F)n2nc1C12CC(C1)C2. The summed E-state index contributed by atoms with van der Waals surface area (Å²) in [6, 6.07) is 2.77. The Labute approximate surface area is 178 Å². The minimum absolute atomic E-state index is 0.0291. The third-order valence-electron chi connectivity index (χ3n) is 7.03. The first-order valence-electron chi connectivity index (χ1n) is 10.8. The van der Waals surface area contributed by atoms with Crippen LogP contribution >= 0.6 is 0 Å². The Morgan fingerprint density at radius 1 is 1.23 bits per heavy atom. The van der Waals surface area contributed by atoms with Gasteiger partial charge in [0.05, 0.1) is 13.3 Å². The van der Waals surface area contributed by atoms with Gasteiger partial charge in [-0.25, -0.2) is 23.3 Å². The number of pyridine rings is 1. The normalized spacial score (nSPS) is 26.9. The van der Waals surface area contributed by atoms with Gasteiger partial charge in [0.25, 0.3) is 0 Å². The lowest BCUT2D eigenvalue weighted by atomic mass is 9.43. The second-order valence-electron chi connectivity index (χ2n) is 9.07. The molecule has 162 valence electrons. The van der Waals surface area contributed by atoms with Crippen molar-refractivity contribution in [1.29, 1.82) is 0 Å². The Balaban J connectivity index is 1.43. The number of nitrogens with one attached hydrogen (secondary N) is 2. The van der Waals surface area contributed by atoms with Gasteiger partial charge >= 0.3 is 0 Å². The van der Waals surface area contributed by atoms with Gasteiger partial charge in [0.1, 0.15) is 22.8 Å².